The van der Waals surface area contributed by atoms with E-state index in [0.29, 0.717) is 12.8 Å². The Balaban J connectivity index is 1.99. The third-order valence-corrected chi connectivity index (χ3v) is 6.78. The predicted molar refractivity (Wildman–Crippen MR) is 94.6 cm³/mol. The zero-order chi connectivity index (χ0) is 20.2. The standard InChI is InChI=1S/C21H19FN4O2/c1-2-13-7-8-21-16(9-13)20(12-25,18(26)28-21)19(10-23,11-24)17(27-21)14-5-3-4-6-15(14)22/h3-6,13,16-17,26H,2,7-9H2,1H3. The first-order chi connectivity index (χ1) is 13.4. The predicted octanol–water partition coefficient (Wildman–Crippen LogP) is 3.97. The van der Waals surface area contributed by atoms with Gasteiger partial charge >= 0.3 is 0 Å². The molecular weight excluding hydrogens is 359 g/mol. The van der Waals surface area contributed by atoms with Crippen molar-refractivity contribution < 1.29 is 13.9 Å². The van der Waals surface area contributed by atoms with Gasteiger partial charge in [-0.15, -0.1) is 0 Å². The topological polar surface area (TPSA) is 114 Å². The summed E-state index contributed by atoms with van der Waals surface area (Å²) < 4.78 is 26.7. The minimum atomic E-state index is -2.10. The molecule has 2 aliphatic heterocycles. The average molecular weight is 378 g/mol. The molecular formula is C21H19FN4O2. The molecule has 5 atom stereocenters. The van der Waals surface area contributed by atoms with Crippen LogP contribution in [0.1, 0.15) is 44.3 Å². The van der Waals surface area contributed by atoms with E-state index in [0.717, 1.165) is 12.8 Å². The van der Waals surface area contributed by atoms with Gasteiger partial charge in [0.2, 0.25) is 17.1 Å². The van der Waals surface area contributed by atoms with Crippen LogP contribution in [-0.4, -0.2) is 11.7 Å². The van der Waals surface area contributed by atoms with Gasteiger partial charge in [-0.3, -0.25) is 5.41 Å². The molecule has 2 heterocycles. The summed E-state index contributed by atoms with van der Waals surface area (Å²) in [7, 11) is 0. The Labute approximate surface area is 162 Å². The molecule has 1 aromatic carbocycles. The Morgan fingerprint density at radius 1 is 1.21 bits per heavy atom. The van der Waals surface area contributed by atoms with Crippen LogP contribution in [0.15, 0.2) is 24.3 Å². The minimum Gasteiger partial charge on any atom is -0.447 e. The fourth-order valence-electron chi connectivity index (χ4n) is 5.25. The van der Waals surface area contributed by atoms with Crippen molar-refractivity contribution in [1.82, 2.24) is 0 Å². The number of nitriles is 3. The van der Waals surface area contributed by atoms with Crippen LogP contribution in [0, 0.1) is 67.9 Å². The van der Waals surface area contributed by atoms with Crippen molar-refractivity contribution in [3.05, 3.63) is 35.6 Å². The Hall–Kier alpha value is -2.95. The maximum Gasteiger partial charge on any atom is 0.217 e. The van der Waals surface area contributed by atoms with Gasteiger partial charge in [0.1, 0.15) is 11.9 Å². The smallest absolute Gasteiger partial charge is 0.217 e. The van der Waals surface area contributed by atoms with Gasteiger partial charge in [0, 0.05) is 12.0 Å². The Kier molecular flexibility index (Phi) is 3.96. The highest BCUT2D eigenvalue weighted by molar-refractivity contribution is 5.89. The SMILES string of the molecule is CCC1CCC23OC(=N)C(C#N)(C2C1)C(C#N)(C#N)C(c1ccccc1F)O3. The van der Waals surface area contributed by atoms with E-state index in [1.54, 1.807) is 6.07 Å². The van der Waals surface area contributed by atoms with Gasteiger partial charge in [-0.1, -0.05) is 31.5 Å². The van der Waals surface area contributed by atoms with E-state index in [1.165, 1.54) is 18.2 Å². The normalized spacial score (nSPS) is 37.7. The van der Waals surface area contributed by atoms with Gasteiger partial charge in [0.25, 0.3) is 0 Å². The van der Waals surface area contributed by atoms with E-state index in [1.807, 2.05) is 19.1 Å². The summed E-state index contributed by atoms with van der Waals surface area (Å²) in [5.41, 5.74) is -3.88. The Bertz CT molecular complexity index is 960. The van der Waals surface area contributed by atoms with Gasteiger partial charge in [0.05, 0.1) is 24.1 Å². The van der Waals surface area contributed by atoms with Crippen LogP contribution in [-0.2, 0) is 9.47 Å². The number of benzene rings is 1. The molecule has 142 valence electrons. The molecule has 1 aromatic rings. The summed E-state index contributed by atoms with van der Waals surface area (Å²) in [5.74, 6) is -2.68. The van der Waals surface area contributed by atoms with E-state index in [9.17, 15) is 20.2 Å². The number of hydrogen-bond acceptors (Lipinski definition) is 6. The van der Waals surface area contributed by atoms with E-state index in [-0.39, 0.29) is 11.5 Å². The maximum absolute atomic E-state index is 14.7. The number of nitrogens with zero attached hydrogens (tertiary/aromatic N) is 3. The van der Waals surface area contributed by atoms with Crippen molar-refractivity contribution in [1.29, 1.82) is 21.2 Å². The third kappa shape index (κ3) is 1.94. The summed E-state index contributed by atoms with van der Waals surface area (Å²) in [6, 6.07) is 11.8. The number of ether oxygens (including phenoxy) is 2. The van der Waals surface area contributed by atoms with Crippen LogP contribution in [0.5, 0.6) is 0 Å². The van der Waals surface area contributed by atoms with Crippen molar-refractivity contribution >= 4 is 5.90 Å². The van der Waals surface area contributed by atoms with Crippen LogP contribution in [0.4, 0.5) is 4.39 Å². The molecule has 3 fully saturated rings. The first kappa shape index (κ1) is 18.4. The second-order valence-corrected chi connectivity index (χ2v) is 7.82. The molecule has 4 rings (SSSR count). The molecule has 0 spiro atoms. The largest absolute Gasteiger partial charge is 0.447 e. The average Bonchev–Trinajstić information content (AvgIpc) is 2.92. The maximum atomic E-state index is 14.7. The number of rotatable bonds is 2. The highest BCUT2D eigenvalue weighted by Gasteiger charge is 2.81. The summed E-state index contributed by atoms with van der Waals surface area (Å²) >= 11 is 0. The third-order valence-electron chi connectivity index (χ3n) is 6.78. The van der Waals surface area contributed by atoms with Crippen LogP contribution in [0.3, 0.4) is 0 Å². The Morgan fingerprint density at radius 3 is 2.54 bits per heavy atom. The van der Waals surface area contributed by atoms with Gasteiger partial charge < -0.3 is 9.47 Å². The number of hydrogen-bond donors (Lipinski definition) is 1. The van der Waals surface area contributed by atoms with Crippen LogP contribution >= 0.6 is 0 Å². The van der Waals surface area contributed by atoms with Crippen molar-refractivity contribution in [3.63, 3.8) is 0 Å². The molecule has 2 bridgehead atoms. The summed E-state index contributed by atoms with van der Waals surface area (Å²) in [6.07, 6.45) is 1.27. The van der Waals surface area contributed by atoms with Crippen LogP contribution in [0.25, 0.3) is 0 Å². The molecule has 5 unspecified atom stereocenters. The fraction of sp³-hybridized carbons (Fsp3) is 0.524. The highest BCUT2D eigenvalue weighted by atomic mass is 19.1. The van der Waals surface area contributed by atoms with Gasteiger partial charge in [0.15, 0.2) is 5.41 Å². The van der Waals surface area contributed by atoms with Crippen LogP contribution in [0.2, 0.25) is 0 Å². The molecule has 0 aromatic heterocycles. The summed E-state index contributed by atoms with van der Waals surface area (Å²) in [5, 5.41) is 39.0. The molecule has 1 aliphatic carbocycles. The molecule has 0 amide bonds. The van der Waals surface area contributed by atoms with Crippen molar-refractivity contribution in [3.8, 4) is 18.2 Å². The molecule has 7 heteroatoms. The van der Waals surface area contributed by atoms with E-state index < -0.39 is 40.4 Å². The lowest BCUT2D eigenvalue weighted by molar-refractivity contribution is -0.299. The molecule has 2 saturated heterocycles. The second-order valence-electron chi connectivity index (χ2n) is 7.82. The quantitative estimate of drug-likeness (QED) is 0.836. The Morgan fingerprint density at radius 2 is 1.93 bits per heavy atom. The molecule has 6 nitrogen and oxygen atoms in total. The van der Waals surface area contributed by atoms with Crippen molar-refractivity contribution in [2.24, 2.45) is 22.7 Å². The highest BCUT2D eigenvalue weighted by Crippen LogP contribution is 2.70. The zero-order valence-corrected chi connectivity index (χ0v) is 15.4. The molecule has 28 heavy (non-hydrogen) atoms. The van der Waals surface area contributed by atoms with Gasteiger partial charge in [-0.25, -0.2) is 4.39 Å². The molecule has 0 radical (unpaired) electrons. The minimum absolute atomic E-state index is 0.0268. The zero-order valence-electron chi connectivity index (χ0n) is 15.4. The lowest BCUT2D eigenvalue weighted by Crippen LogP contribution is -2.61. The number of halogens is 1. The fourth-order valence-corrected chi connectivity index (χ4v) is 5.25. The van der Waals surface area contributed by atoms with E-state index >= 15 is 0 Å². The van der Waals surface area contributed by atoms with Gasteiger partial charge in [-0.05, 0) is 24.8 Å². The first-order valence-electron chi connectivity index (χ1n) is 9.38. The van der Waals surface area contributed by atoms with Crippen molar-refractivity contribution in [2.45, 2.75) is 44.5 Å². The lowest BCUT2D eigenvalue weighted by atomic mass is 9.50. The second kappa shape index (κ2) is 6.03. The summed E-state index contributed by atoms with van der Waals surface area (Å²) in [4.78, 5) is 0. The van der Waals surface area contributed by atoms with Gasteiger partial charge in [-0.2, -0.15) is 15.8 Å². The molecule has 3 aliphatic rings. The monoisotopic (exact) mass is 378 g/mol. The first-order valence-corrected chi connectivity index (χ1v) is 9.38. The van der Waals surface area contributed by atoms with E-state index in [2.05, 4.69) is 6.07 Å². The van der Waals surface area contributed by atoms with E-state index in [4.69, 9.17) is 14.9 Å². The summed E-state index contributed by atoms with van der Waals surface area (Å²) in [6.45, 7) is 2.05. The molecule has 1 saturated carbocycles. The van der Waals surface area contributed by atoms with Crippen LogP contribution < -0.4 is 0 Å². The van der Waals surface area contributed by atoms with Crippen molar-refractivity contribution in [2.75, 3.05) is 0 Å². The number of nitrogens with one attached hydrogen (secondary N) is 1. The molecule has 1 N–H and O–H groups in total. The lowest BCUT2D eigenvalue weighted by Gasteiger charge is -2.52.